The van der Waals surface area contributed by atoms with Crippen molar-refractivity contribution in [3.63, 3.8) is 0 Å². The molecule has 1 aromatic rings. The molecule has 98 valence electrons. The van der Waals surface area contributed by atoms with Gasteiger partial charge in [-0.3, -0.25) is 0 Å². The summed E-state index contributed by atoms with van der Waals surface area (Å²) in [5.74, 6) is 0. The highest BCUT2D eigenvalue weighted by Gasteiger charge is 2.26. The fourth-order valence-electron chi connectivity index (χ4n) is 3.26. The highest BCUT2D eigenvalue weighted by Crippen LogP contribution is 2.27. The topological polar surface area (TPSA) is 18.5 Å². The largest absolute Gasteiger partial charge is 0.366 e. The Balaban J connectivity index is 1.86. The highest BCUT2D eigenvalue weighted by molar-refractivity contribution is 5.55. The van der Waals surface area contributed by atoms with E-state index < -0.39 is 0 Å². The molecule has 0 aliphatic carbocycles. The van der Waals surface area contributed by atoms with Crippen molar-refractivity contribution in [1.82, 2.24) is 10.2 Å². The van der Waals surface area contributed by atoms with E-state index >= 15 is 0 Å². The van der Waals surface area contributed by atoms with Crippen LogP contribution in [0.4, 0.5) is 5.69 Å². The van der Waals surface area contributed by atoms with Crippen LogP contribution in [-0.2, 0) is 6.54 Å². The first kappa shape index (κ1) is 12.0. The van der Waals surface area contributed by atoms with E-state index in [0.29, 0.717) is 6.04 Å². The molecule has 18 heavy (non-hydrogen) atoms. The number of rotatable bonds is 1. The number of hydrogen-bond acceptors (Lipinski definition) is 3. The SMILES string of the molecule is CN1CCCC(N2CCNCc3ccccc32)C1. The molecule has 0 saturated carbocycles. The molecule has 0 aromatic heterocycles. The number of benzene rings is 1. The molecule has 0 bridgehead atoms. The van der Waals surface area contributed by atoms with E-state index in [4.69, 9.17) is 0 Å². The standard InChI is InChI=1S/C15H23N3/c1-17-9-4-6-14(12-17)18-10-8-16-11-13-5-2-3-7-15(13)18/h2-3,5,7,14,16H,4,6,8-12H2,1H3. The van der Waals surface area contributed by atoms with Crippen molar-refractivity contribution in [1.29, 1.82) is 0 Å². The summed E-state index contributed by atoms with van der Waals surface area (Å²) in [6, 6.07) is 9.55. The maximum absolute atomic E-state index is 3.53. The molecule has 1 aromatic carbocycles. The number of anilines is 1. The summed E-state index contributed by atoms with van der Waals surface area (Å²) in [6.07, 6.45) is 2.66. The van der Waals surface area contributed by atoms with E-state index in [2.05, 4.69) is 46.4 Å². The lowest BCUT2D eigenvalue weighted by atomic mass is 10.0. The van der Waals surface area contributed by atoms with Gasteiger partial charge in [-0.25, -0.2) is 0 Å². The third-order valence-corrected chi connectivity index (χ3v) is 4.19. The van der Waals surface area contributed by atoms with Crippen LogP contribution in [0.5, 0.6) is 0 Å². The summed E-state index contributed by atoms with van der Waals surface area (Å²) in [7, 11) is 2.24. The minimum Gasteiger partial charge on any atom is -0.366 e. The van der Waals surface area contributed by atoms with Crippen LogP contribution in [0.1, 0.15) is 18.4 Å². The lowest BCUT2D eigenvalue weighted by Crippen LogP contribution is -2.48. The smallest absolute Gasteiger partial charge is 0.0418 e. The number of likely N-dealkylation sites (N-methyl/N-ethyl adjacent to an activating group) is 1. The number of para-hydroxylation sites is 1. The second-order valence-electron chi connectivity index (χ2n) is 5.56. The lowest BCUT2D eigenvalue weighted by molar-refractivity contribution is 0.244. The molecule has 3 nitrogen and oxygen atoms in total. The first-order valence-corrected chi connectivity index (χ1v) is 7.08. The van der Waals surface area contributed by atoms with E-state index in [1.165, 1.54) is 37.2 Å². The number of piperidine rings is 1. The Morgan fingerprint density at radius 1 is 1.22 bits per heavy atom. The maximum atomic E-state index is 3.53. The van der Waals surface area contributed by atoms with Gasteiger partial charge in [0.25, 0.3) is 0 Å². The second kappa shape index (κ2) is 5.29. The Labute approximate surface area is 110 Å². The summed E-state index contributed by atoms with van der Waals surface area (Å²) in [4.78, 5) is 5.10. The molecular weight excluding hydrogens is 222 g/mol. The summed E-state index contributed by atoms with van der Waals surface area (Å²) >= 11 is 0. The van der Waals surface area contributed by atoms with Crippen LogP contribution in [-0.4, -0.2) is 44.2 Å². The van der Waals surface area contributed by atoms with Gasteiger partial charge in [-0.2, -0.15) is 0 Å². The fourth-order valence-corrected chi connectivity index (χ4v) is 3.26. The summed E-state index contributed by atoms with van der Waals surface area (Å²) in [6.45, 7) is 5.69. The van der Waals surface area contributed by atoms with Crippen molar-refractivity contribution < 1.29 is 0 Å². The number of fused-ring (bicyclic) bond motifs is 1. The highest BCUT2D eigenvalue weighted by atomic mass is 15.2. The molecule has 2 aliphatic heterocycles. The molecular formula is C15H23N3. The Hall–Kier alpha value is -1.06. The van der Waals surface area contributed by atoms with Crippen molar-refractivity contribution in [2.24, 2.45) is 0 Å². The fraction of sp³-hybridized carbons (Fsp3) is 0.600. The third-order valence-electron chi connectivity index (χ3n) is 4.19. The van der Waals surface area contributed by atoms with Gasteiger partial charge in [0.2, 0.25) is 0 Å². The van der Waals surface area contributed by atoms with Crippen LogP contribution < -0.4 is 10.2 Å². The van der Waals surface area contributed by atoms with E-state index in [9.17, 15) is 0 Å². The van der Waals surface area contributed by atoms with Gasteiger partial charge in [-0.05, 0) is 38.1 Å². The second-order valence-corrected chi connectivity index (χ2v) is 5.56. The molecule has 1 N–H and O–H groups in total. The zero-order chi connectivity index (χ0) is 12.4. The number of hydrogen-bond donors (Lipinski definition) is 1. The molecule has 2 heterocycles. The van der Waals surface area contributed by atoms with Gasteiger partial charge < -0.3 is 15.1 Å². The lowest BCUT2D eigenvalue weighted by Gasteiger charge is -2.39. The molecule has 3 rings (SSSR count). The van der Waals surface area contributed by atoms with Gasteiger partial charge in [-0.15, -0.1) is 0 Å². The summed E-state index contributed by atoms with van der Waals surface area (Å²) < 4.78 is 0. The van der Waals surface area contributed by atoms with Crippen LogP contribution >= 0.6 is 0 Å². The van der Waals surface area contributed by atoms with Gasteiger partial charge in [0.05, 0.1) is 0 Å². The Morgan fingerprint density at radius 3 is 3.00 bits per heavy atom. The van der Waals surface area contributed by atoms with Gasteiger partial charge in [-0.1, -0.05) is 18.2 Å². The van der Waals surface area contributed by atoms with Gasteiger partial charge in [0.1, 0.15) is 0 Å². The first-order valence-electron chi connectivity index (χ1n) is 7.08. The quantitative estimate of drug-likeness (QED) is 0.812. The van der Waals surface area contributed by atoms with Crippen LogP contribution in [0.15, 0.2) is 24.3 Å². The van der Waals surface area contributed by atoms with E-state index in [0.717, 1.165) is 19.6 Å². The van der Waals surface area contributed by atoms with Crippen molar-refractivity contribution >= 4 is 5.69 Å². The van der Waals surface area contributed by atoms with Crippen molar-refractivity contribution in [3.05, 3.63) is 29.8 Å². The molecule has 1 fully saturated rings. The normalized spacial score (nSPS) is 25.6. The molecule has 2 aliphatic rings. The molecule has 0 radical (unpaired) electrons. The zero-order valence-corrected chi connectivity index (χ0v) is 11.2. The predicted molar refractivity (Wildman–Crippen MR) is 76.0 cm³/mol. The summed E-state index contributed by atoms with van der Waals surface area (Å²) in [5, 5.41) is 3.53. The molecule has 3 heteroatoms. The molecule has 0 amide bonds. The number of nitrogens with one attached hydrogen (secondary N) is 1. The Morgan fingerprint density at radius 2 is 2.11 bits per heavy atom. The zero-order valence-electron chi connectivity index (χ0n) is 11.2. The average molecular weight is 245 g/mol. The van der Waals surface area contributed by atoms with Gasteiger partial charge >= 0.3 is 0 Å². The van der Waals surface area contributed by atoms with Crippen molar-refractivity contribution in [2.45, 2.75) is 25.4 Å². The van der Waals surface area contributed by atoms with Crippen LogP contribution in [0.2, 0.25) is 0 Å². The van der Waals surface area contributed by atoms with Crippen molar-refractivity contribution in [2.75, 3.05) is 38.1 Å². The van der Waals surface area contributed by atoms with Crippen LogP contribution in [0, 0.1) is 0 Å². The Kier molecular flexibility index (Phi) is 3.52. The number of likely N-dealkylation sites (tertiary alicyclic amines) is 1. The minimum absolute atomic E-state index is 0.685. The maximum Gasteiger partial charge on any atom is 0.0418 e. The van der Waals surface area contributed by atoms with Gasteiger partial charge in [0.15, 0.2) is 0 Å². The van der Waals surface area contributed by atoms with E-state index in [1.54, 1.807) is 0 Å². The van der Waals surface area contributed by atoms with Crippen LogP contribution in [0.3, 0.4) is 0 Å². The van der Waals surface area contributed by atoms with Gasteiger partial charge in [0, 0.05) is 37.9 Å². The molecule has 0 spiro atoms. The monoisotopic (exact) mass is 245 g/mol. The van der Waals surface area contributed by atoms with E-state index in [-0.39, 0.29) is 0 Å². The Bertz CT molecular complexity index is 404. The average Bonchev–Trinajstić information content (AvgIpc) is 2.61. The molecule has 1 atom stereocenters. The molecule has 1 saturated heterocycles. The number of nitrogens with zero attached hydrogens (tertiary/aromatic N) is 2. The minimum atomic E-state index is 0.685. The predicted octanol–water partition coefficient (Wildman–Crippen LogP) is 1.69. The molecule has 1 unspecified atom stereocenters. The third kappa shape index (κ3) is 2.38. The van der Waals surface area contributed by atoms with E-state index in [1.807, 2.05) is 0 Å². The first-order chi connectivity index (χ1) is 8.84. The van der Waals surface area contributed by atoms with Crippen molar-refractivity contribution in [3.8, 4) is 0 Å². The van der Waals surface area contributed by atoms with Crippen LogP contribution in [0.25, 0.3) is 0 Å². The summed E-state index contributed by atoms with van der Waals surface area (Å²) in [5.41, 5.74) is 2.89.